The number of aryl methyl sites for hydroxylation is 2. The summed E-state index contributed by atoms with van der Waals surface area (Å²) < 4.78 is 5.28. The van der Waals surface area contributed by atoms with E-state index >= 15 is 0 Å². The van der Waals surface area contributed by atoms with Gasteiger partial charge in [0.15, 0.2) is 0 Å². The molecule has 2 heterocycles. The van der Waals surface area contributed by atoms with Gasteiger partial charge in [0.25, 0.3) is 5.89 Å². The maximum atomic E-state index is 5.96. The summed E-state index contributed by atoms with van der Waals surface area (Å²) in [5.41, 5.74) is 9.26. The third-order valence-electron chi connectivity index (χ3n) is 2.93. The van der Waals surface area contributed by atoms with Crippen LogP contribution in [0.5, 0.6) is 0 Å². The van der Waals surface area contributed by atoms with E-state index in [4.69, 9.17) is 10.3 Å². The monoisotopic (exact) mass is 267 g/mol. The highest BCUT2D eigenvalue weighted by molar-refractivity contribution is 5.74. The summed E-state index contributed by atoms with van der Waals surface area (Å²) in [6, 6.07) is 5.63. The minimum atomic E-state index is 0.350. The van der Waals surface area contributed by atoms with Gasteiger partial charge in [0.1, 0.15) is 0 Å². The highest BCUT2D eigenvalue weighted by atomic mass is 16.5. The van der Waals surface area contributed by atoms with Gasteiger partial charge in [0.05, 0.1) is 5.56 Å². The van der Waals surface area contributed by atoms with E-state index in [9.17, 15) is 0 Å². The number of aromatic nitrogens is 4. The molecule has 0 atom stereocenters. The van der Waals surface area contributed by atoms with E-state index in [1.165, 1.54) is 0 Å². The first-order chi connectivity index (χ1) is 9.65. The van der Waals surface area contributed by atoms with Crippen molar-refractivity contribution in [3.63, 3.8) is 0 Å². The van der Waals surface area contributed by atoms with Gasteiger partial charge >= 0.3 is 0 Å². The molecule has 0 unspecified atom stereocenters. The van der Waals surface area contributed by atoms with Gasteiger partial charge in [-0.1, -0.05) is 17.3 Å². The van der Waals surface area contributed by atoms with Gasteiger partial charge in [-0.15, -0.1) is 0 Å². The molecule has 0 spiro atoms. The fraction of sp³-hybridized carbons (Fsp3) is 0.143. The topological polar surface area (TPSA) is 90.7 Å². The fourth-order valence-corrected chi connectivity index (χ4v) is 1.91. The lowest BCUT2D eigenvalue weighted by Gasteiger charge is -2.03. The molecule has 20 heavy (non-hydrogen) atoms. The van der Waals surface area contributed by atoms with Crippen molar-refractivity contribution in [2.75, 3.05) is 5.73 Å². The first-order valence-electron chi connectivity index (χ1n) is 6.13. The Labute approximate surface area is 115 Å². The van der Waals surface area contributed by atoms with Crippen molar-refractivity contribution in [3.8, 4) is 23.1 Å². The Morgan fingerprint density at radius 1 is 1.05 bits per heavy atom. The molecule has 0 fully saturated rings. The first-order valence-corrected chi connectivity index (χ1v) is 6.13. The van der Waals surface area contributed by atoms with Gasteiger partial charge in [0.2, 0.25) is 11.6 Å². The van der Waals surface area contributed by atoms with Crippen molar-refractivity contribution in [1.82, 2.24) is 20.1 Å². The first kappa shape index (κ1) is 12.3. The van der Waals surface area contributed by atoms with Crippen LogP contribution >= 0.6 is 0 Å². The molecule has 0 saturated heterocycles. The molecule has 0 bridgehead atoms. The van der Waals surface area contributed by atoms with Crippen LogP contribution < -0.4 is 5.73 Å². The van der Waals surface area contributed by atoms with Gasteiger partial charge in [-0.05, 0) is 31.0 Å². The minimum Gasteiger partial charge on any atom is -0.398 e. The summed E-state index contributed by atoms with van der Waals surface area (Å²) in [7, 11) is 0. The van der Waals surface area contributed by atoms with E-state index in [0.717, 1.165) is 16.7 Å². The quantitative estimate of drug-likeness (QED) is 0.717. The number of benzene rings is 1. The maximum absolute atomic E-state index is 5.96. The zero-order valence-corrected chi connectivity index (χ0v) is 11.2. The zero-order valence-electron chi connectivity index (χ0n) is 11.2. The molecule has 1 aromatic carbocycles. The van der Waals surface area contributed by atoms with Crippen LogP contribution in [0, 0.1) is 13.8 Å². The molecule has 100 valence electrons. The van der Waals surface area contributed by atoms with Crippen molar-refractivity contribution in [3.05, 3.63) is 41.7 Å². The smallest absolute Gasteiger partial charge is 0.260 e. The van der Waals surface area contributed by atoms with Crippen LogP contribution in [0.15, 0.2) is 35.1 Å². The molecular formula is C14H13N5O. The normalized spacial score (nSPS) is 10.7. The van der Waals surface area contributed by atoms with Crippen LogP contribution in [0.25, 0.3) is 23.1 Å². The third kappa shape index (κ3) is 2.11. The summed E-state index contributed by atoms with van der Waals surface area (Å²) in [4.78, 5) is 12.7. The molecule has 3 aromatic rings. The Balaban J connectivity index is 2.04. The van der Waals surface area contributed by atoms with Crippen molar-refractivity contribution < 1.29 is 4.52 Å². The van der Waals surface area contributed by atoms with E-state index in [0.29, 0.717) is 23.2 Å². The van der Waals surface area contributed by atoms with Crippen LogP contribution in [0.3, 0.4) is 0 Å². The van der Waals surface area contributed by atoms with E-state index in [1.807, 2.05) is 26.0 Å². The molecule has 2 aromatic heterocycles. The average molecular weight is 267 g/mol. The summed E-state index contributed by atoms with van der Waals surface area (Å²) in [5.74, 6) is 1.15. The molecule has 3 rings (SSSR count). The number of hydrogen-bond donors (Lipinski definition) is 1. The highest BCUT2D eigenvalue weighted by Gasteiger charge is 2.16. The third-order valence-corrected chi connectivity index (χ3v) is 2.93. The summed E-state index contributed by atoms with van der Waals surface area (Å²) in [6.45, 7) is 3.86. The lowest BCUT2D eigenvalue weighted by atomic mass is 10.1. The largest absolute Gasteiger partial charge is 0.398 e. The predicted octanol–water partition coefficient (Wildman–Crippen LogP) is 2.39. The number of anilines is 1. The van der Waals surface area contributed by atoms with E-state index in [2.05, 4.69) is 20.1 Å². The van der Waals surface area contributed by atoms with Crippen LogP contribution in [-0.4, -0.2) is 20.1 Å². The minimum absolute atomic E-state index is 0.350. The second-order valence-corrected chi connectivity index (χ2v) is 4.55. The van der Waals surface area contributed by atoms with Crippen LogP contribution in [-0.2, 0) is 0 Å². The lowest BCUT2D eigenvalue weighted by Crippen LogP contribution is -1.93. The standard InChI is InChI=1S/C14H13N5O/c1-8-6-16-12(17-7-8)13-18-14(20-19-13)11-9(2)4-3-5-10(11)15/h3-7H,15H2,1-2H3. The van der Waals surface area contributed by atoms with Crippen molar-refractivity contribution in [2.24, 2.45) is 0 Å². The van der Waals surface area contributed by atoms with Crippen molar-refractivity contribution >= 4 is 5.69 Å². The number of nitrogens with two attached hydrogens (primary N) is 1. The Bertz CT molecular complexity index is 728. The highest BCUT2D eigenvalue weighted by Crippen LogP contribution is 2.28. The molecule has 0 aliphatic carbocycles. The summed E-state index contributed by atoms with van der Waals surface area (Å²) >= 11 is 0. The molecule has 0 aliphatic heterocycles. The second kappa shape index (κ2) is 4.73. The molecule has 0 saturated carbocycles. The van der Waals surface area contributed by atoms with Crippen molar-refractivity contribution in [1.29, 1.82) is 0 Å². The zero-order chi connectivity index (χ0) is 14.1. The molecule has 2 N–H and O–H groups in total. The van der Waals surface area contributed by atoms with Crippen LogP contribution in [0.1, 0.15) is 11.1 Å². The van der Waals surface area contributed by atoms with Crippen LogP contribution in [0.4, 0.5) is 5.69 Å². The molecule has 0 aliphatic rings. The number of rotatable bonds is 2. The molecule has 0 amide bonds. The summed E-state index contributed by atoms with van der Waals surface area (Å²) in [6.07, 6.45) is 3.42. The number of nitrogens with zero attached hydrogens (tertiary/aromatic N) is 4. The van der Waals surface area contributed by atoms with E-state index in [1.54, 1.807) is 18.5 Å². The van der Waals surface area contributed by atoms with E-state index < -0.39 is 0 Å². The molecule has 6 heteroatoms. The Kier molecular flexibility index (Phi) is 2.90. The fourth-order valence-electron chi connectivity index (χ4n) is 1.91. The Hall–Kier alpha value is -2.76. The molecular weight excluding hydrogens is 254 g/mol. The summed E-state index contributed by atoms with van der Waals surface area (Å²) in [5, 5.41) is 3.91. The predicted molar refractivity (Wildman–Crippen MR) is 74.6 cm³/mol. The Morgan fingerprint density at radius 3 is 2.50 bits per heavy atom. The second-order valence-electron chi connectivity index (χ2n) is 4.55. The van der Waals surface area contributed by atoms with Crippen LogP contribution in [0.2, 0.25) is 0 Å². The molecule has 6 nitrogen and oxygen atoms in total. The maximum Gasteiger partial charge on any atom is 0.260 e. The average Bonchev–Trinajstić information content (AvgIpc) is 2.89. The number of hydrogen-bond acceptors (Lipinski definition) is 6. The van der Waals surface area contributed by atoms with Gasteiger partial charge in [-0.2, -0.15) is 4.98 Å². The van der Waals surface area contributed by atoms with Gasteiger partial charge in [0, 0.05) is 18.1 Å². The lowest BCUT2D eigenvalue weighted by molar-refractivity contribution is 0.432. The van der Waals surface area contributed by atoms with Gasteiger partial charge in [-0.3, -0.25) is 0 Å². The van der Waals surface area contributed by atoms with Gasteiger partial charge in [-0.25, -0.2) is 9.97 Å². The molecule has 0 radical (unpaired) electrons. The SMILES string of the molecule is Cc1cnc(-c2noc(-c3c(C)cccc3N)n2)nc1. The Morgan fingerprint density at radius 2 is 1.80 bits per heavy atom. The van der Waals surface area contributed by atoms with Gasteiger partial charge < -0.3 is 10.3 Å². The number of nitrogen functional groups attached to an aromatic ring is 1. The van der Waals surface area contributed by atoms with Crippen molar-refractivity contribution in [2.45, 2.75) is 13.8 Å². The van der Waals surface area contributed by atoms with E-state index in [-0.39, 0.29) is 0 Å².